The predicted octanol–water partition coefficient (Wildman–Crippen LogP) is 6.00. The van der Waals surface area contributed by atoms with E-state index in [1.807, 2.05) is 23.5 Å². The highest BCUT2D eigenvalue weighted by Gasteiger charge is 2.41. The molecule has 10 N–H and O–H groups in total. The Kier molecular flexibility index (Phi) is 24.1. The Bertz CT molecular complexity index is 1680. The van der Waals surface area contributed by atoms with Crippen LogP contribution in [-0.4, -0.2) is 120 Å². The van der Waals surface area contributed by atoms with E-state index >= 15 is 0 Å². The average Bonchev–Trinajstić information content (AvgIpc) is 4.06. The molecule has 5 rings (SSSR count). The van der Waals surface area contributed by atoms with Gasteiger partial charge in [0.25, 0.3) is 0 Å². The van der Waals surface area contributed by atoms with Crippen molar-refractivity contribution in [1.82, 2.24) is 10.6 Å². The van der Waals surface area contributed by atoms with Crippen molar-refractivity contribution in [1.29, 1.82) is 0 Å². The summed E-state index contributed by atoms with van der Waals surface area (Å²) in [5.74, 6) is 3.31. The SMILES string of the molecule is NCCOCCOCCCC(=O)c1cc(NC(=O)CCCCCCC(=O)CCCC[C@@H]2SC[C@@H]3NC(N)=N[C@@H]32)cc(NC(=O)CCCCCCC(=O)CCCC[C@@H]2SC[C@@H]3NC(N)=N[C@@H]32)c1. The van der Waals surface area contributed by atoms with Gasteiger partial charge in [-0.2, -0.15) is 23.5 Å². The van der Waals surface area contributed by atoms with E-state index in [1.54, 1.807) is 18.2 Å². The lowest BCUT2D eigenvalue weighted by Gasteiger charge is -2.14. The summed E-state index contributed by atoms with van der Waals surface area (Å²) < 4.78 is 10.9. The number of ether oxygens (including phenoxy) is 2. The maximum absolute atomic E-state index is 13.3. The second-order valence-corrected chi connectivity index (χ2v) is 20.6. The third kappa shape index (κ3) is 19.5. The molecule has 368 valence electrons. The van der Waals surface area contributed by atoms with Crippen molar-refractivity contribution in [3.05, 3.63) is 23.8 Å². The van der Waals surface area contributed by atoms with E-state index in [0.29, 0.717) is 154 Å². The van der Waals surface area contributed by atoms with Crippen LogP contribution < -0.4 is 38.5 Å². The number of carbonyl (C=O) groups is 5. The molecule has 0 bridgehead atoms. The molecule has 1 aromatic rings. The Morgan fingerprint density at radius 2 is 1.00 bits per heavy atom. The molecule has 0 aromatic heterocycles. The zero-order valence-electron chi connectivity index (χ0n) is 39.0. The molecule has 2 fully saturated rings. The first-order valence-corrected chi connectivity index (χ1v) is 26.8. The maximum Gasteiger partial charge on any atom is 0.224 e. The van der Waals surface area contributed by atoms with E-state index in [4.69, 9.17) is 26.7 Å². The minimum Gasteiger partial charge on any atom is -0.379 e. The van der Waals surface area contributed by atoms with Gasteiger partial charge in [0, 0.05) is 97.0 Å². The Balaban J connectivity index is 0.950. The number of carbonyl (C=O) groups excluding carboxylic acids is 5. The standard InChI is InChI=1S/C48H77N9O7S2/c49-23-25-64-27-26-63-24-13-18-40(60)33-28-34(52-43(61)21-7-3-1-5-14-36(58)16-9-11-19-41-45-38(31-65-41)54-47(50)56-45)30-35(29-33)53-44(62)22-8-4-2-6-15-37(59)17-10-12-20-42-46-39(32-66-42)55-48(51)57-46/h28-30,38-39,41-42,45-46H,1-27,31-32,49H2,(H,52,61)(H,53,62)(H3,50,54,56)(H3,51,55,57)/t38-,39-,41-,42-,45-,46-/m0/s1. The molecular weight excluding hydrogens is 879 g/mol. The van der Waals surface area contributed by atoms with Crippen LogP contribution in [0.2, 0.25) is 0 Å². The van der Waals surface area contributed by atoms with Crippen molar-refractivity contribution < 1.29 is 33.4 Å². The van der Waals surface area contributed by atoms with Gasteiger partial charge in [-0.1, -0.05) is 38.5 Å². The number of amides is 2. The molecule has 0 radical (unpaired) electrons. The van der Waals surface area contributed by atoms with Gasteiger partial charge >= 0.3 is 0 Å². The van der Waals surface area contributed by atoms with Crippen LogP contribution in [0.15, 0.2) is 28.2 Å². The number of anilines is 2. The van der Waals surface area contributed by atoms with Crippen LogP contribution in [0.1, 0.15) is 152 Å². The topological polar surface area (TPSA) is 255 Å². The van der Waals surface area contributed by atoms with Gasteiger partial charge in [0.05, 0.1) is 44.0 Å². The van der Waals surface area contributed by atoms with Crippen molar-refractivity contribution >= 4 is 76.0 Å². The molecule has 66 heavy (non-hydrogen) atoms. The number of unbranched alkanes of at least 4 members (excludes halogenated alkanes) is 8. The molecule has 2 amide bonds. The first kappa shape index (κ1) is 53.2. The number of thioether (sulfide) groups is 2. The van der Waals surface area contributed by atoms with E-state index in [-0.39, 0.29) is 36.1 Å². The molecule has 16 nitrogen and oxygen atoms in total. The van der Waals surface area contributed by atoms with Crippen LogP contribution in [0.5, 0.6) is 0 Å². The lowest BCUT2D eigenvalue weighted by Crippen LogP contribution is -2.38. The molecule has 18 heteroatoms. The molecule has 6 atom stereocenters. The summed E-state index contributed by atoms with van der Waals surface area (Å²) in [6.07, 6.45) is 16.1. The van der Waals surface area contributed by atoms with Crippen molar-refractivity contribution in [2.75, 3.05) is 55.1 Å². The van der Waals surface area contributed by atoms with Gasteiger partial charge in [-0.05, 0) is 76.0 Å². The molecule has 0 saturated carbocycles. The molecule has 0 unspecified atom stereocenters. The average molecular weight is 956 g/mol. The molecule has 2 saturated heterocycles. The Morgan fingerprint density at radius 3 is 1.47 bits per heavy atom. The quantitative estimate of drug-likeness (QED) is 0.0301. The Labute approximate surface area is 400 Å². The van der Waals surface area contributed by atoms with Crippen molar-refractivity contribution in [3.63, 3.8) is 0 Å². The highest BCUT2D eigenvalue weighted by atomic mass is 32.2. The third-order valence-corrected chi connectivity index (χ3v) is 15.6. The molecule has 4 heterocycles. The van der Waals surface area contributed by atoms with E-state index < -0.39 is 0 Å². The molecular formula is C48H77N9O7S2. The van der Waals surface area contributed by atoms with Gasteiger partial charge < -0.3 is 47.9 Å². The van der Waals surface area contributed by atoms with Gasteiger partial charge in [0.1, 0.15) is 11.6 Å². The fourth-order valence-corrected chi connectivity index (χ4v) is 12.1. The zero-order chi connectivity index (χ0) is 46.9. The van der Waals surface area contributed by atoms with Gasteiger partial charge in [0.2, 0.25) is 11.8 Å². The number of benzene rings is 1. The summed E-state index contributed by atoms with van der Waals surface area (Å²) in [7, 11) is 0. The van der Waals surface area contributed by atoms with Crippen molar-refractivity contribution in [3.8, 4) is 0 Å². The molecule has 4 aliphatic rings. The Hall–Kier alpha value is -3.71. The number of nitrogens with two attached hydrogens (primary N) is 3. The van der Waals surface area contributed by atoms with Gasteiger partial charge in [-0.15, -0.1) is 0 Å². The van der Waals surface area contributed by atoms with Crippen LogP contribution >= 0.6 is 23.5 Å². The number of nitrogens with one attached hydrogen (secondary N) is 4. The maximum atomic E-state index is 13.3. The smallest absolute Gasteiger partial charge is 0.224 e. The highest BCUT2D eigenvalue weighted by molar-refractivity contribution is 8.00. The Morgan fingerprint density at radius 1 is 0.561 bits per heavy atom. The minimum absolute atomic E-state index is 0.116. The number of nitrogens with zero attached hydrogens (tertiary/aromatic N) is 2. The van der Waals surface area contributed by atoms with E-state index in [2.05, 4.69) is 31.3 Å². The van der Waals surface area contributed by atoms with Crippen molar-refractivity contribution in [2.24, 2.45) is 27.2 Å². The lowest BCUT2D eigenvalue weighted by atomic mass is 10.0. The summed E-state index contributed by atoms with van der Waals surface area (Å²) in [6.45, 7) is 2.18. The summed E-state index contributed by atoms with van der Waals surface area (Å²) in [4.78, 5) is 73.5. The fourth-order valence-electron chi connectivity index (χ4n) is 9.02. The number of rotatable bonds is 36. The van der Waals surface area contributed by atoms with Crippen LogP contribution in [0.25, 0.3) is 0 Å². The number of fused-ring (bicyclic) bond motifs is 2. The predicted molar refractivity (Wildman–Crippen MR) is 267 cm³/mol. The molecule has 0 spiro atoms. The van der Waals surface area contributed by atoms with Crippen LogP contribution in [0.4, 0.5) is 11.4 Å². The largest absolute Gasteiger partial charge is 0.379 e. The second-order valence-electron chi connectivity index (χ2n) is 18.1. The summed E-state index contributed by atoms with van der Waals surface area (Å²) >= 11 is 3.90. The highest BCUT2D eigenvalue weighted by Crippen LogP contribution is 2.36. The first-order valence-electron chi connectivity index (χ1n) is 24.7. The number of ketones is 3. The van der Waals surface area contributed by atoms with Gasteiger partial charge in [0.15, 0.2) is 17.7 Å². The molecule has 4 aliphatic heterocycles. The third-order valence-electron chi connectivity index (χ3n) is 12.6. The van der Waals surface area contributed by atoms with Crippen LogP contribution in [0.3, 0.4) is 0 Å². The monoisotopic (exact) mass is 956 g/mol. The van der Waals surface area contributed by atoms with Crippen LogP contribution in [0, 0.1) is 0 Å². The minimum atomic E-state index is -0.172. The van der Waals surface area contributed by atoms with Crippen molar-refractivity contribution in [2.45, 2.75) is 176 Å². The summed E-state index contributed by atoms with van der Waals surface area (Å²) in [5.41, 5.74) is 18.4. The van der Waals surface area contributed by atoms with E-state index in [0.717, 1.165) is 88.6 Å². The fraction of sp³-hybridized carbons (Fsp3) is 0.729. The molecule has 0 aliphatic carbocycles. The second kappa shape index (κ2) is 29.9. The van der Waals surface area contributed by atoms with Gasteiger partial charge in [-0.3, -0.25) is 24.0 Å². The number of hydrogen-bond donors (Lipinski definition) is 7. The summed E-state index contributed by atoms with van der Waals surface area (Å²) in [5, 5.41) is 13.3. The van der Waals surface area contributed by atoms with Gasteiger partial charge in [-0.25, -0.2) is 9.98 Å². The van der Waals surface area contributed by atoms with E-state index in [9.17, 15) is 24.0 Å². The lowest BCUT2D eigenvalue weighted by molar-refractivity contribution is -0.120. The van der Waals surface area contributed by atoms with Crippen LogP contribution in [-0.2, 0) is 28.7 Å². The number of hydrogen-bond acceptors (Lipinski definition) is 16. The normalized spacial score (nSPS) is 21.7. The number of Topliss-reactive ketones (excluding diaryl/α,β-unsaturated/α-hetero) is 3. The number of guanidine groups is 2. The zero-order valence-corrected chi connectivity index (χ0v) is 40.6. The molecule has 1 aromatic carbocycles. The number of aliphatic imine (C=N–C) groups is 2. The summed E-state index contributed by atoms with van der Waals surface area (Å²) in [6, 6.07) is 6.24. The van der Waals surface area contributed by atoms with E-state index in [1.165, 1.54) is 0 Å². The first-order chi connectivity index (χ1) is 32.1.